The molecule has 3 aromatic carbocycles. The third-order valence-corrected chi connectivity index (χ3v) is 4.23. The number of urea groups is 1. The van der Waals surface area contributed by atoms with Crippen molar-refractivity contribution in [2.45, 2.75) is 11.1 Å². The van der Waals surface area contributed by atoms with Gasteiger partial charge in [0.05, 0.1) is 5.56 Å². The fourth-order valence-corrected chi connectivity index (χ4v) is 2.59. The first-order chi connectivity index (χ1) is 15.0. The summed E-state index contributed by atoms with van der Waals surface area (Å²) >= 11 is 9.43. The topological polar surface area (TPSA) is 58.2 Å². The number of alkyl halides is 3. The Morgan fingerprint density at radius 2 is 1.44 bits per heavy atom. The second-order valence-corrected chi connectivity index (χ2v) is 7.01. The van der Waals surface area contributed by atoms with Crippen LogP contribution in [0.5, 0.6) is 0 Å². The van der Waals surface area contributed by atoms with Crippen LogP contribution >= 0.6 is 24.2 Å². The minimum absolute atomic E-state index is 0.0971. The van der Waals surface area contributed by atoms with Crippen LogP contribution < -0.4 is 10.6 Å². The molecule has 11 heteroatoms. The monoisotopic (exact) mass is 488 g/mol. The molecular formula is C21H14ClF5N2O2S. The van der Waals surface area contributed by atoms with Gasteiger partial charge in [0.2, 0.25) is 0 Å². The third-order valence-electron chi connectivity index (χ3n) is 3.69. The quantitative estimate of drug-likeness (QED) is 0.282. The number of imide groups is 1. The van der Waals surface area contributed by atoms with Gasteiger partial charge >= 0.3 is 12.2 Å². The summed E-state index contributed by atoms with van der Waals surface area (Å²) in [6.07, 6.45) is -4.30. The Hall–Kier alpha value is -3.11. The van der Waals surface area contributed by atoms with Crippen molar-refractivity contribution in [2.75, 3.05) is 5.32 Å². The molecule has 168 valence electrons. The zero-order chi connectivity index (χ0) is 23.9. The molecule has 32 heavy (non-hydrogen) atoms. The molecule has 0 aliphatic heterocycles. The van der Waals surface area contributed by atoms with Crippen LogP contribution in [-0.2, 0) is 6.18 Å². The minimum Gasteiger partial charge on any atom is -0.308 e. The van der Waals surface area contributed by atoms with Gasteiger partial charge < -0.3 is 5.32 Å². The summed E-state index contributed by atoms with van der Waals surface area (Å²) in [5.41, 5.74) is -1.12. The Morgan fingerprint density at radius 3 is 1.94 bits per heavy atom. The molecule has 4 nitrogen and oxygen atoms in total. The van der Waals surface area contributed by atoms with Gasteiger partial charge in [-0.15, -0.1) is 12.6 Å². The maximum Gasteiger partial charge on any atom is 0.416 e. The SMILES string of the molecule is FC(F)(F)c1cccc(Cl)c1.O=C(NC(=O)c1c(F)cccc1F)Nc1ccc(S)cc1. The fourth-order valence-electron chi connectivity index (χ4n) is 2.25. The second-order valence-electron chi connectivity index (χ2n) is 6.06. The summed E-state index contributed by atoms with van der Waals surface area (Å²) in [6.45, 7) is 0. The van der Waals surface area contributed by atoms with Crippen LogP contribution in [0.1, 0.15) is 15.9 Å². The summed E-state index contributed by atoms with van der Waals surface area (Å²) in [5, 5.41) is 4.31. The number of halogens is 6. The van der Waals surface area contributed by atoms with E-state index in [2.05, 4.69) is 17.9 Å². The molecule has 0 heterocycles. The molecule has 3 rings (SSSR count). The maximum absolute atomic E-state index is 13.4. The molecule has 0 aliphatic rings. The molecule has 0 saturated carbocycles. The van der Waals surface area contributed by atoms with Gasteiger partial charge in [0.25, 0.3) is 5.91 Å². The van der Waals surface area contributed by atoms with E-state index in [1.165, 1.54) is 12.1 Å². The highest BCUT2D eigenvalue weighted by molar-refractivity contribution is 7.80. The molecule has 2 N–H and O–H groups in total. The van der Waals surface area contributed by atoms with Gasteiger partial charge in [0.1, 0.15) is 17.2 Å². The van der Waals surface area contributed by atoms with Crippen molar-refractivity contribution in [3.63, 3.8) is 0 Å². The molecule has 0 atom stereocenters. The number of rotatable bonds is 2. The summed E-state index contributed by atoms with van der Waals surface area (Å²) in [5.74, 6) is -3.24. The van der Waals surface area contributed by atoms with Gasteiger partial charge in [-0.3, -0.25) is 10.1 Å². The molecular weight excluding hydrogens is 475 g/mol. The predicted molar refractivity (Wildman–Crippen MR) is 113 cm³/mol. The van der Waals surface area contributed by atoms with E-state index in [0.29, 0.717) is 10.6 Å². The minimum atomic E-state index is -4.30. The number of carbonyl (C=O) groups excluding carboxylic acids is 2. The van der Waals surface area contributed by atoms with Crippen LogP contribution in [0.2, 0.25) is 5.02 Å². The number of amides is 3. The molecule has 0 radical (unpaired) electrons. The average molecular weight is 489 g/mol. The van der Waals surface area contributed by atoms with Crippen molar-refractivity contribution in [1.82, 2.24) is 5.32 Å². The molecule has 0 spiro atoms. The molecule has 0 aliphatic carbocycles. The summed E-state index contributed by atoms with van der Waals surface area (Å²) in [6, 6.07) is 13.0. The van der Waals surface area contributed by atoms with Gasteiger partial charge in [-0.1, -0.05) is 23.7 Å². The van der Waals surface area contributed by atoms with Crippen LogP contribution in [0.15, 0.2) is 71.6 Å². The number of carbonyl (C=O) groups is 2. The first kappa shape index (κ1) is 25.2. The van der Waals surface area contributed by atoms with Gasteiger partial charge in [0.15, 0.2) is 0 Å². The van der Waals surface area contributed by atoms with Crippen LogP contribution in [0.3, 0.4) is 0 Å². The zero-order valence-electron chi connectivity index (χ0n) is 15.9. The highest BCUT2D eigenvalue weighted by Gasteiger charge is 2.30. The fraction of sp³-hybridized carbons (Fsp3) is 0.0476. The van der Waals surface area contributed by atoms with E-state index in [9.17, 15) is 31.5 Å². The van der Waals surface area contributed by atoms with Crippen molar-refractivity contribution in [1.29, 1.82) is 0 Å². The largest absolute Gasteiger partial charge is 0.416 e. The van der Waals surface area contributed by atoms with Gasteiger partial charge in [-0.2, -0.15) is 13.2 Å². The van der Waals surface area contributed by atoms with Crippen molar-refractivity contribution >= 4 is 41.9 Å². The molecule has 0 saturated heterocycles. The lowest BCUT2D eigenvalue weighted by Gasteiger charge is -2.08. The summed E-state index contributed by atoms with van der Waals surface area (Å²) in [4.78, 5) is 24.0. The van der Waals surface area contributed by atoms with Gasteiger partial charge in [0, 0.05) is 15.6 Å². The Labute approximate surface area is 189 Å². The van der Waals surface area contributed by atoms with E-state index >= 15 is 0 Å². The number of thiol groups is 1. The molecule has 0 bridgehead atoms. The van der Waals surface area contributed by atoms with Gasteiger partial charge in [-0.25, -0.2) is 13.6 Å². The summed E-state index contributed by atoms with van der Waals surface area (Å²) < 4.78 is 62.5. The molecule has 3 amide bonds. The zero-order valence-corrected chi connectivity index (χ0v) is 17.5. The van der Waals surface area contributed by atoms with E-state index in [0.717, 1.165) is 30.3 Å². The van der Waals surface area contributed by atoms with Crippen molar-refractivity contribution < 1.29 is 31.5 Å². The average Bonchev–Trinajstić information content (AvgIpc) is 2.69. The lowest BCUT2D eigenvalue weighted by molar-refractivity contribution is -0.137. The van der Waals surface area contributed by atoms with Gasteiger partial charge in [-0.05, 0) is 54.6 Å². The highest BCUT2D eigenvalue weighted by atomic mass is 35.5. The van der Waals surface area contributed by atoms with E-state index in [4.69, 9.17) is 11.6 Å². The number of benzene rings is 3. The Bertz CT molecular complexity index is 1090. The van der Waals surface area contributed by atoms with Crippen molar-refractivity contribution in [2.24, 2.45) is 0 Å². The Kier molecular flexibility index (Phi) is 8.62. The van der Waals surface area contributed by atoms with Crippen LogP contribution in [-0.4, -0.2) is 11.9 Å². The standard InChI is InChI=1S/C14H10F2N2O2S.C7H4ClF3/c15-10-2-1-3-11(16)12(10)13(19)18-14(20)17-8-4-6-9(21)7-5-8;8-6-3-1-2-5(4-6)7(9,10)11/h1-7,21H,(H2,17,18,19,20);1-4H. The molecule has 0 fully saturated rings. The lowest BCUT2D eigenvalue weighted by Crippen LogP contribution is -2.35. The third kappa shape index (κ3) is 7.54. The van der Waals surface area contributed by atoms with E-state index in [-0.39, 0.29) is 5.02 Å². The smallest absolute Gasteiger partial charge is 0.308 e. The maximum atomic E-state index is 13.4. The normalized spacial score (nSPS) is 10.6. The molecule has 0 unspecified atom stereocenters. The highest BCUT2D eigenvalue weighted by Crippen LogP contribution is 2.30. The summed E-state index contributed by atoms with van der Waals surface area (Å²) in [7, 11) is 0. The second kappa shape index (κ2) is 11.0. The molecule has 3 aromatic rings. The number of anilines is 1. The van der Waals surface area contributed by atoms with E-state index in [1.54, 1.807) is 24.3 Å². The first-order valence-electron chi connectivity index (χ1n) is 8.65. The lowest BCUT2D eigenvalue weighted by atomic mass is 10.2. The van der Waals surface area contributed by atoms with Crippen LogP contribution in [0.4, 0.5) is 32.4 Å². The van der Waals surface area contributed by atoms with Crippen LogP contribution in [0, 0.1) is 11.6 Å². The first-order valence-corrected chi connectivity index (χ1v) is 9.48. The van der Waals surface area contributed by atoms with Crippen molar-refractivity contribution in [3.05, 3.63) is 94.5 Å². The van der Waals surface area contributed by atoms with E-state index in [1.807, 2.05) is 5.32 Å². The number of hydrogen-bond acceptors (Lipinski definition) is 3. The predicted octanol–water partition coefficient (Wildman–Crippen LogP) is 6.57. The number of hydrogen-bond donors (Lipinski definition) is 3. The number of nitrogens with one attached hydrogen (secondary N) is 2. The Morgan fingerprint density at radius 1 is 0.875 bits per heavy atom. The van der Waals surface area contributed by atoms with Crippen molar-refractivity contribution in [3.8, 4) is 0 Å². The van der Waals surface area contributed by atoms with Crippen LogP contribution in [0.25, 0.3) is 0 Å². The molecule has 0 aromatic heterocycles. The Balaban J connectivity index is 0.000000278. The van der Waals surface area contributed by atoms with E-state index < -0.39 is 40.9 Å².